The summed E-state index contributed by atoms with van der Waals surface area (Å²) >= 11 is 0. The summed E-state index contributed by atoms with van der Waals surface area (Å²) in [5, 5.41) is 13.1. The van der Waals surface area contributed by atoms with Crippen molar-refractivity contribution in [3.63, 3.8) is 0 Å². The van der Waals surface area contributed by atoms with E-state index in [2.05, 4.69) is 20.7 Å². The van der Waals surface area contributed by atoms with E-state index in [9.17, 15) is 0 Å². The molecule has 0 unspecified atom stereocenters. The minimum absolute atomic E-state index is 0. The molecule has 0 saturated heterocycles. The molecule has 1 heterocycles. The first kappa shape index (κ1) is 11.1. The van der Waals surface area contributed by atoms with Crippen molar-refractivity contribution >= 4 is 0 Å². The Hall–Kier alpha value is 1.20. The van der Waals surface area contributed by atoms with Crippen molar-refractivity contribution in [1.82, 2.24) is 0 Å². The van der Waals surface area contributed by atoms with E-state index in [0.717, 1.165) is 0 Å². The van der Waals surface area contributed by atoms with E-state index in [1.54, 1.807) is 0 Å². The van der Waals surface area contributed by atoms with Crippen LogP contribution in [0.2, 0.25) is 0 Å². The summed E-state index contributed by atoms with van der Waals surface area (Å²) in [6.45, 7) is 0.417. The van der Waals surface area contributed by atoms with Crippen molar-refractivity contribution in [2.45, 2.75) is 0 Å². The van der Waals surface area contributed by atoms with Gasteiger partial charge < -0.3 is 2.85 Å². The first-order valence-electron chi connectivity index (χ1n) is 1.23. The second-order valence-corrected chi connectivity index (χ2v) is 0.603. The largest absolute Gasteiger partial charge is 1.00 e. The Morgan fingerprint density at radius 3 is 1.57 bits per heavy atom. The van der Waals surface area contributed by atoms with E-state index >= 15 is 0 Å². The second kappa shape index (κ2) is 7.20. The minimum atomic E-state index is 0. The van der Waals surface area contributed by atoms with Crippen LogP contribution in [0.5, 0.6) is 0 Å². The van der Waals surface area contributed by atoms with E-state index in [0.29, 0.717) is 6.67 Å². The molecule has 0 N–H and O–H groups in total. The molecule has 0 saturated carbocycles. The van der Waals surface area contributed by atoms with Crippen molar-refractivity contribution in [3.05, 3.63) is 0 Å². The number of hydrogen-bond acceptors (Lipinski definition) is 4. The Kier molecular flexibility index (Phi) is 11.4. The minimum Gasteiger partial charge on any atom is -1.00 e. The van der Waals surface area contributed by atoms with Gasteiger partial charge in [0, 0.05) is 0 Å². The molecule has 1 aliphatic rings. The molecule has 0 amide bonds. The van der Waals surface area contributed by atoms with Crippen molar-refractivity contribution in [3.8, 4) is 0 Å². The van der Waals surface area contributed by atoms with Gasteiger partial charge in [0.15, 0.2) is 6.67 Å². The van der Waals surface area contributed by atoms with E-state index in [4.69, 9.17) is 0 Å². The summed E-state index contributed by atoms with van der Waals surface area (Å²) in [6, 6.07) is 0. The van der Waals surface area contributed by atoms with Gasteiger partial charge >= 0.3 is 59.1 Å². The van der Waals surface area contributed by atoms with Crippen LogP contribution in [0, 0.1) is 0 Å². The van der Waals surface area contributed by atoms with Crippen LogP contribution in [-0.4, -0.2) is 6.67 Å². The van der Waals surface area contributed by atoms with E-state index in [1.165, 1.54) is 0 Å². The SMILES string of the molecule is C1N=NN=N1.[H-].[H-].[Na+].[Na+]. The van der Waals surface area contributed by atoms with Crippen LogP contribution in [-0.2, 0) is 0 Å². The van der Waals surface area contributed by atoms with Crippen LogP contribution >= 0.6 is 0 Å². The van der Waals surface area contributed by atoms with Gasteiger partial charge in [-0.15, -0.1) is 10.2 Å². The molecular formula is CH4N4Na2. The number of hydrogen-bond donors (Lipinski definition) is 0. The van der Waals surface area contributed by atoms with Gasteiger partial charge in [0.05, 0.1) is 0 Å². The summed E-state index contributed by atoms with van der Waals surface area (Å²) in [7, 11) is 0. The monoisotopic (exact) mass is 118 g/mol. The van der Waals surface area contributed by atoms with Gasteiger partial charge in [0.1, 0.15) is 0 Å². The van der Waals surface area contributed by atoms with Crippen LogP contribution in [0.4, 0.5) is 0 Å². The zero-order valence-electron chi connectivity index (χ0n) is 6.50. The standard InChI is InChI=1S/CH2N4.2Na.2H/c1-2-4-5-3-1;;;;/h1H2;;;;/q;2*+1;2*-1. The molecule has 1 rings (SSSR count). The fourth-order valence-corrected chi connectivity index (χ4v) is 0.141. The Morgan fingerprint density at radius 2 is 1.43 bits per heavy atom. The molecule has 4 nitrogen and oxygen atoms in total. The molecule has 0 radical (unpaired) electrons. The van der Waals surface area contributed by atoms with Gasteiger partial charge in [-0.2, -0.15) is 0 Å². The molecule has 0 spiro atoms. The van der Waals surface area contributed by atoms with Crippen LogP contribution in [0.1, 0.15) is 2.85 Å². The number of nitrogens with zero attached hydrogens (tertiary/aromatic N) is 4. The first-order chi connectivity index (χ1) is 2.50. The zero-order chi connectivity index (χ0) is 3.54. The third-order valence-corrected chi connectivity index (χ3v) is 0.293. The molecular weight excluding hydrogens is 114 g/mol. The summed E-state index contributed by atoms with van der Waals surface area (Å²) < 4.78 is 0. The molecule has 0 aromatic carbocycles. The average Bonchev–Trinajstić information content (AvgIpc) is 1.76. The van der Waals surface area contributed by atoms with Gasteiger partial charge in [-0.3, -0.25) is 0 Å². The molecule has 7 heavy (non-hydrogen) atoms. The molecule has 0 atom stereocenters. The van der Waals surface area contributed by atoms with Gasteiger partial charge in [-0.25, -0.2) is 0 Å². The normalized spacial score (nSPS) is 12.6. The van der Waals surface area contributed by atoms with E-state index in [1.807, 2.05) is 0 Å². The smallest absolute Gasteiger partial charge is 1.00 e. The maximum Gasteiger partial charge on any atom is 1.00 e. The summed E-state index contributed by atoms with van der Waals surface area (Å²) in [5.41, 5.74) is 0. The predicted molar refractivity (Wildman–Crippen MR) is 16.8 cm³/mol. The molecule has 6 heteroatoms. The number of rotatable bonds is 0. The topological polar surface area (TPSA) is 49.4 Å². The average molecular weight is 118 g/mol. The quantitative estimate of drug-likeness (QED) is 0.286. The third kappa shape index (κ3) is 5.06. The first-order valence-corrected chi connectivity index (χ1v) is 1.23. The van der Waals surface area contributed by atoms with Crippen molar-refractivity contribution in [2.75, 3.05) is 6.67 Å². The Labute approximate surface area is 88.4 Å². The third-order valence-electron chi connectivity index (χ3n) is 0.293. The predicted octanol–water partition coefficient (Wildman–Crippen LogP) is -4.99. The van der Waals surface area contributed by atoms with Crippen LogP contribution in [0.3, 0.4) is 0 Å². The Morgan fingerprint density at radius 1 is 1.00 bits per heavy atom. The molecule has 0 fully saturated rings. The van der Waals surface area contributed by atoms with Crippen LogP contribution < -0.4 is 59.1 Å². The van der Waals surface area contributed by atoms with Crippen molar-refractivity contribution in [2.24, 2.45) is 20.7 Å². The van der Waals surface area contributed by atoms with Crippen LogP contribution in [0.25, 0.3) is 0 Å². The molecule has 0 aromatic rings. The van der Waals surface area contributed by atoms with Gasteiger partial charge in [0.25, 0.3) is 0 Å². The zero-order valence-corrected chi connectivity index (χ0v) is 8.50. The van der Waals surface area contributed by atoms with Gasteiger partial charge in [-0.1, -0.05) is 0 Å². The molecule has 0 bridgehead atoms. The summed E-state index contributed by atoms with van der Waals surface area (Å²) in [6.07, 6.45) is 0. The maximum atomic E-state index is 3.38. The fourth-order valence-electron chi connectivity index (χ4n) is 0.141. The van der Waals surface area contributed by atoms with Crippen LogP contribution in [0.15, 0.2) is 20.7 Å². The van der Waals surface area contributed by atoms with Gasteiger partial charge in [-0.05, 0) is 10.4 Å². The van der Waals surface area contributed by atoms with Crippen molar-refractivity contribution < 1.29 is 62.0 Å². The molecule has 1 aliphatic heterocycles. The second-order valence-electron chi connectivity index (χ2n) is 0.603. The molecule has 0 aromatic heterocycles. The summed E-state index contributed by atoms with van der Waals surface area (Å²) in [5.74, 6) is 0. The van der Waals surface area contributed by atoms with Gasteiger partial charge in [0.2, 0.25) is 0 Å². The maximum absolute atomic E-state index is 3.38. The molecule has 0 aliphatic carbocycles. The molecule has 30 valence electrons. The Bertz CT molecular complexity index is 74.6. The van der Waals surface area contributed by atoms with Crippen molar-refractivity contribution in [1.29, 1.82) is 0 Å². The fraction of sp³-hybridized carbons (Fsp3) is 1.00. The Balaban J connectivity index is -0.0000000312. The summed E-state index contributed by atoms with van der Waals surface area (Å²) in [4.78, 5) is 0. The van der Waals surface area contributed by atoms with E-state index < -0.39 is 0 Å². The van der Waals surface area contributed by atoms with E-state index in [-0.39, 0.29) is 62.0 Å².